The average molecular weight is 468 g/mol. The van der Waals surface area contributed by atoms with Gasteiger partial charge >= 0.3 is 0 Å². The van der Waals surface area contributed by atoms with Gasteiger partial charge in [0.25, 0.3) is 0 Å². The normalized spacial score (nSPS) is 11.4. The van der Waals surface area contributed by atoms with Crippen LogP contribution in [0.25, 0.3) is 17.8 Å². The van der Waals surface area contributed by atoms with Crippen molar-refractivity contribution >= 4 is 29.6 Å². The highest BCUT2D eigenvalue weighted by Gasteiger charge is 2.17. The van der Waals surface area contributed by atoms with Crippen molar-refractivity contribution in [3.8, 4) is 17.4 Å². The summed E-state index contributed by atoms with van der Waals surface area (Å²) < 4.78 is 1.66. The van der Waals surface area contributed by atoms with Crippen LogP contribution in [0.15, 0.2) is 95.0 Å². The van der Waals surface area contributed by atoms with E-state index in [0.29, 0.717) is 28.5 Å². The Bertz CT molecular complexity index is 1460. The van der Waals surface area contributed by atoms with E-state index in [2.05, 4.69) is 0 Å². The topological polar surface area (TPSA) is 90.9 Å². The van der Waals surface area contributed by atoms with Crippen LogP contribution in [0.4, 0.5) is 0 Å². The summed E-state index contributed by atoms with van der Waals surface area (Å²) in [6, 6.07) is 23.6. The SMILES string of the molecule is Oc1ccc(/C=C/c2cn3c(O)c(Cc4ccc(O)cc4)nc3c(Sc3ccccc3)n2)cc1. The Morgan fingerprint density at radius 2 is 1.44 bits per heavy atom. The highest BCUT2D eigenvalue weighted by atomic mass is 32.2. The number of phenolic OH excluding ortho intramolecular Hbond substituents is 2. The highest BCUT2D eigenvalue weighted by Crippen LogP contribution is 2.33. The molecule has 0 fully saturated rings. The molecule has 0 amide bonds. The number of benzene rings is 3. The van der Waals surface area contributed by atoms with E-state index in [9.17, 15) is 15.3 Å². The van der Waals surface area contributed by atoms with Crippen molar-refractivity contribution in [1.29, 1.82) is 0 Å². The lowest BCUT2D eigenvalue weighted by atomic mass is 10.1. The van der Waals surface area contributed by atoms with Gasteiger partial charge in [0, 0.05) is 17.5 Å². The first-order valence-corrected chi connectivity index (χ1v) is 11.5. The van der Waals surface area contributed by atoms with Crippen molar-refractivity contribution in [2.75, 3.05) is 0 Å². The second kappa shape index (κ2) is 9.33. The molecule has 6 nitrogen and oxygen atoms in total. The molecular formula is C27H21N3O3S. The summed E-state index contributed by atoms with van der Waals surface area (Å²) in [5.41, 5.74) is 3.60. The number of rotatable bonds is 6. The van der Waals surface area contributed by atoms with Crippen LogP contribution in [0.3, 0.4) is 0 Å². The van der Waals surface area contributed by atoms with Gasteiger partial charge in [-0.15, -0.1) is 0 Å². The second-order valence-corrected chi connectivity index (χ2v) is 8.79. The molecule has 0 saturated carbocycles. The molecule has 3 N–H and O–H groups in total. The number of imidazole rings is 1. The van der Waals surface area contributed by atoms with Crippen LogP contribution in [0.5, 0.6) is 17.4 Å². The zero-order valence-electron chi connectivity index (χ0n) is 18.0. The Kier molecular flexibility index (Phi) is 5.93. The van der Waals surface area contributed by atoms with E-state index >= 15 is 0 Å². The van der Waals surface area contributed by atoms with Crippen molar-refractivity contribution in [3.05, 3.63) is 108 Å². The number of aromatic hydroxyl groups is 3. The van der Waals surface area contributed by atoms with Gasteiger partial charge < -0.3 is 15.3 Å². The molecule has 34 heavy (non-hydrogen) atoms. The van der Waals surface area contributed by atoms with E-state index in [1.807, 2.05) is 66.7 Å². The summed E-state index contributed by atoms with van der Waals surface area (Å²) in [4.78, 5) is 10.5. The van der Waals surface area contributed by atoms with E-state index in [-0.39, 0.29) is 17.4 Å². The standard InChI is InChI=1S/C27H21N3O3S/c31-21-12-7-18(8-13-21)6-11-20-17-30-25(26(28-20)34-23-4-2-1-3-5-23)29-24(27(30)33)16-19-9-14-22(32)15-10-19/h1-15,17,31-33H,16H2/b11-6+. The molecule has 0 atom stereocenters. The molecular weight excluding hydrogens is 446 g/mol. The summed E-state index contributed by atoms with van der Waals surface area (Å²) in [5.74, 6) is 0.459. The zero-order valence-corrected chi connectivity index (χ0v) is 18.9. The van der Waals surface area contributed by atoms with Gasteiger partial charge in [-0.1, -0.05) is 60.3 Å². The maximum absolute atomic E-state index is 11.0. The number of phenols is 2. The van der Waals surface area contributed by atoms with Gasteiger partial charge in [0.1, 0.15) is 22.2 Å². The third-order valence-electron chi connectivity index (χ3n) is 5.24. The monoisotopic (exact) mass is 467 g/mol. The Morgan fingerprint density at radius 3 is 2.15 bits per heavy atom. The maximum atomic E-state index is 11.0. The second-order valence-electron chi connectivity index (χ2n) is 7.73. The minimum Gasteiger partial charge on any atom is -0.508 e. The van der Waals surface area contributed by atoms with Gasteiger partial charge in [-0.05, 0) is 53.6 Å². The summed E-state index contributed by atoms with van der Waals surface area (Å²) in [6.45, 7) is 0. The van der Waals surface area contributed by atoms with Crippen LogP contribution in [0, 0.1) is 0 Å². The molecule has 0 unspecified atom stereocenters. The van der Waals surface area contributed by atoms with E-state index in [1.165, 1.54) is 11.8 Å². The smallest absolute Gasteiger partial charge is 0.219 e. The number of nitrogens with zero attached hydrogens (tertiary/aromatic N) is 3. The molecule has 5 rings (SSSR count). The third kappa shape index (κ3) is 4.74. The van der Waals surface area contributed by atoms with Crippen LogP contribution in [-0.2, 0) is 6.42 Å². The zero-order chi connectivity index (χ0) is 23.5. The lowest BCUT2D eigenvalue weighted by Gasteiger charge is -2.05. The Balaban J connectivity index is 1.56. The lowest BCUT2D eigenvalue weighted by molar-refractivity contribution is 0.442. The molecule has 3 aromatic carbocycles. The Morgan fingerprint density at radius 1 is 0.765 bits per heavy atom. The Hall–Kier alpha value is -4.23. The van der Waals surface area contributed by atoms with Gasteiger partial charge in [-0.3, -0.25) is 4.40 Å². The summed E-state index contributed by atoms with van der Waals surface area (Å²) in [7, 11) is 0. The summed E-state index contributed by atoms with van der Waals surface area (Å²) in [5, 5.41) is 30.7. The third-order valence-corrected chi connectivity index (χ3v) is 6.22. The highest BCUT2D eigenvalue weighted by molar-refractivity contribution is 7.99. The quantitative estimate of drug-likeness (QED) is 0.294. The van der Waals surface area contributed by atoms with Crippen molar-refractivity contribution in [2.24, 2.45) is 0 Å². The van der Waals surface area contributed by atoms with Gasteiger partial charge in [-0.25, -0.2) is 9.97 Å². The fraction of sp³-hybridized carbons (Fsp3) is 0.0370. The first-order valence-electron chi connectivity index (χ1n) is 10.6. The van der Waals surface area contributed by atoms with Crippen LogP contribution < -0.4 is 0 Å². The van der Waals surface area contributed by atoms with Crippen LogP contribution in [-0.4, -0.2) is 29.7 Å². The summed E-state index contributed by atoms with van der Waals surface area (Å²) in [6.07, 6.45) is 5.93. The molecule has 2 heterocycles. The molecule has 5 aromatic rings. The van der Waals surface area contributed by atoms with E-state index < -0.39 is 0 Å². The van der Waals surface area contributed by atoms with Crippen molar-refractivity contribution in [2.45, 2.75) is 16.3 Å². The number of aromatic nitrogens is 3. The molecule has 7 heteroatoms. The largest absolute Gasteiger partial charge is 0.508 e. The molecule has 0 aliphatic heterocycles. The van der Waals surface area contributed by atoms with Gasteiger partial charge in [0.05, 0.1) is 5.69 Å². The number of hydrogen-bond acceptors (Lipinski definition) is 6. The first-order chi connectivity index (χ1) is 16.5. The van der Waals surface area contributed by atoms with E-state index in [0.717, 1.165) is 16.0 Å². The van der Waals surface area contributed by atoms with Crippen LogP contribution in [0.1, 0.15) is 22.5 Å². The van der Waals surface area contributed by atoms with Crippen LogP contribution in [0.2, 0.25) is 0 Å². The maximum Gasteiger partial charge on any atom is 0.219 e. The van der Waals surface area contributed by atoms with Crippen molar-refractivity contribution in [3.63, 3.8) is 0 Å². The average Bonchev–Trinajstić information content (AvgIpc) is 3.16. The van der Waals surface area contributed by atoms with E-state index in [1.54, 1.807) is 34.9 Å². The van der Waals surface area contributed by atoms with Crippen molar-refractivity contribution in [1.82, 2.24) is 14.4 Å². The number of fused-ring (bicyclic) bond motifs is 1. The molecule has 168 valence electrons. The van der Waals surface area contributed by atoms with Gasteiger partial charge in [0.15, 0.2) is 5.65 Å². The Labute approximate surface area is 200 Å². The van der Waals surface area contributed by atoms with Crippen molar-refractivity contribution < 1.29 is 15.3 Å². The lowest BCUT2D eigenvalue weighted by Crippen LogP contribution is -1.94. The molecule has 2 aromatic heterocycles. The summed E-state index contributed by atoms with van der Waals surface area (Å²) >= 11 is 1.48. The number of hydrogen-bond donors (Lipinski definition) is 3. The molecule has 0 radical (unpaired) electrons. The van der Waals surface area contributed by atoms with E-state index in [4.69, 9.17) is 9.97 Å². The fourth-order valence-electron chi connectivity index (χ4n) is 3.51. The predicted molar refractivity (Wildman–Crippen MR) is 133 cm³/mol. The molecule has 0 saturated heterocycles. The fourth-order valence-corrected chi connectivity index (χ4v) is 4.42. The molecule has 0 aliphatic rings. The predicted octanol–water partition coefficient (Wildman–Crippen LogP) is 5.76. The minimum absolute atomic E-state index is 0.0553. The van der Waals surface area contributed by atoms with Crippen LogP contribution >= 0.6 is 11.8 Å². The molecule has 0 aliphatic carbocycles. The van der Waals surface area contributed by atoms with Gasteiger partial charge in [0.2, 0.25) is 5.88 Å². The molecule has 0 spiro atoms. The van der Waals surface area contributed by atoms with Gasteiger partial charge in [-0.2, -0.15) is 0 Å². The molecule has 0 bridgehead atoms. The first kappa shape index (κ1) is 21.6. The minimum atomic E-state index is 0.0553.